The Balaban J connectivity index is 0.827. The van der Waals surface area contributed by atoms with Gasteiger partial charge >= 0.3 is 0 Å². The number of aliphatic hydroxyl groups excluding tert-OH is 15. The monoisotopic (exact) mass is 1230 g/mol. The zero-order valence-corrected chi connectivity index (χ0v) is 49.7. The molecule has 6 aliphatic heterocycles. The lowest BCUT2D eigenvalue weighted by Crippen LogP contribution is -2.67. The van der Waals surface area contributed by atoms with Gasteiger partial charge in [-0.3, -0.25) is 0 Å². The molecule has 0 unspecified atom stereocenters. The highest BCUT2D eigenvalue weighted by molar-refractivity contribution is 5.15. The quantitative estimate of drug-likeness (QED) is 0.0594. The number of ether oxygens (including phenoxy) is 12. The Morgan fingerprint density at radius 3 is 1.79 bits per heavy atom. The van der Waals surface area contributed by atoms with E-state index in [1.807, 2.05) is 13.8 Å². The van der Waals surface area contributed by atoms with E-state index in [1.165, 1.54) is 6.92 Å². The van der Waals surface area contributed by atoms with Gasteiger partial charge in [0, 0.05) is 19.4 Å². The topological polar surface area (TPSA) is 414 Å². The highest BCUT2D eigenvalue weighted by Gasteiger charge is 2.69. The van der Waals surface area contributed by atoms with E-state index in [4.69, 9.17) is 56.8 Å². The third-order valence-electron chi connectivity index (χ3n) is 22.3. The third kappa shape index (κ3) is 12.4. The number of hydrogen-bond acceptors (Lipinski definition) is 27. The Kier molecular flexibility index (Phi) is 20.5. The van der Waals surface area contributed by atoms with Crippen LogP contribution in [0, 0.1) is 51.8 Å². The van der Waals surface area contributed by atoms with Crippen molar-refractivity contribution < 1.29 is 133 Å². The van der Waals surface area contributed by atoms with Crippen LogP contribution >= 0.6 is 0 Å². The Labute approximate surface area is 495 Å². The lowest BCUT2D eigenvalue weighted by Gasteiger charge is -2.61. The van der Waals surface area contributed by atoms with Crippen molar-refractivity contribution in [3.8, 4) is 0 Å². The van der Waals surface area contributed by atoms with Gasteiger partial charge in [-0.25, -0.2) is 0 Å². The van der Waals surface area contributed by atoms with Gasteiger partial charge in [-0.05, 0) is 111 Å². The smallest absolute Gasteiger partial charge is 0.187 e. The molecule has 85 heavy (non-hydrogen) atoms. The Morgan fingerprint density at radius 1 is 0.541 bits per heavy atom. The summed E-state index contributed by atoms with van der Waals surface area (Å²) in [6, 6.07) is 0. The maximum Gasteiger partial charge on any atom is 0.187 e. The van der Waals surface area contributed by atoms with E-state index in [0.29, 0.717) is 43.4 Å². The van der Waals surface area contributed by atoms with Crippen molar-refractivity contribution in [2.75, 3.05) is 40.1 Å². The summed E-state index contributed by atoms with van der Waals surface area (Å²) in [5.41, 5.74) is -0.536. The average molecular weight is 1230 g/mol. The highest BCUT2D eigenvalue weighted by atomic mass is 16.8. The summed E-state index contributed by atoms with van der Waals surface area (Å²) in [6.45, 7) is 10.4. The van der Waals surface area contributed by atoms with E-state index in [0.717, 1.165) is 38.5 Å². The number of rotatable bonds is 18. The zero-order valence-electron chi connectivity index (χ0n) is 49.7. The van der Waals surface area contributed by atoms with Crippen LogP contribution in [-0.4, -0.2) is 282 Å². The maximum atomic E-state index is 12.5. The van der Waals surface area contributed by atoms with Crippen LogP contribution in [0.25, 0.3) is 0 Å². The van der Waals surface area contributed by atoms with Crippen molar-refractivity contribution in [1.29, 1.82) is 0 Å². The second-order valence-corrected chi connectivity index (χ2v) is 27.8. The van der Waals surface area contributed by atoms with Crippen LogP contribution in [0.1, 0.15) is 106 Å². The second kappa shape index (κ2) is 26.1. The van der Waals surface area contributed by atoms with Crippen LogP contribution in [-0.2, 0) is 56.8 Å². The van der Waals surface area contributed by atoms with Gasteiger partial charge in [0.1, 0.15) is 110 Å². The van der Waals surface area contributed by atoms with E-state index in [1.54, 1.807) is 7.11 Å². The SMILES string of the molecule is CO[C@]1(CCC(C)(C)CO[C@@H]2O[C@H](CO)[C@@H](O)[C@H](O)[C@H]2O)O[C@H]2C[C@H]3[C@@H]4CC[C@@H]5C[C@@H](O[C@@H]6O[C@H](CO[C@H]7O[C@@H](C)[C@H](O)[C@@H](O)[C@H]7O)[C@@H](O[C@@H]7OC[C@@H](O)[C@@H](O)[C@@H]7O)[C@H](O)[C@H]6O[C@@H]6O[C@@H](CO)[C@H](O)[C@@H](O)[C@@H]6O)CC[C@]5(C)[C@H]4CC[C@]3(C)[C@H]2[C@@H]1C. The van der Waals surface area contributed by atoms with Crippen molar-refractivity contribution in [3.05, 3.63) is 0 Å². The van der Waals surface area contributed by atoms with E-state index >= 15 is 0 Å². The Morgan fingerprint density at radius 2 is 1.13 bits per heavy atom. The minimum Gasteiger partial charge on any atom is -0.394 e. The molecule has 27 heteroatoms. The molecule has 0 aromatic carbocycles. The summed E-state index contributed by atoms with van der Waals surface area (Å²) in [7, 11) is 1.71. The van der Waals surface area contributed by atoms with E-state index < -0.39 is 191 Å². The first-order chi connectivity index (χ1) is 40.1. The zero-order chi connectivity index (χ0) is 61.6. The van der Waals surface area contributed by atoms with E-state index in [9.17, 15) is 76.6 Å². The molecule has 0 radical (unpaired) electrons. The van der Waals surface area contributed by atoms with Gasteiger partial charge in [0.15, 0.2) is 37.2 Å². The van der Waals surface area contributed by atoms with Gasteiger partial charge in [-0.15, -0.1) is 0 Å². The van der Waals surface area contributed by atoms with Crippen molar-refractivity contribution >= 4 is 0 Å². The minimum atomic E-state index is -1.92. The second-order valence-electron chi connectivity index (χ2n) is 27.8. The largest absolute Gasteiger partial charge is 0.394 e. The Bertz CT molecular complexity index is 2190. The predicted octanol–water partition coefficient (Wildman–Crippen LogP) is -3.42. The van der Waals surface area contributed by atoms with Gasteiger partial charge in [0.2, 0.25) is 0 Å². The van der Waals surface area contributed by atoms with Crippen LogP contribution in [0.5, 0.6) is 0 Å². The van der Waals surface area contributed by atoms with Gasteiger partial charge in [-0.1, -0.05) is 34.6 Å². The number of hydrogen-bond donors (Lipinski definition) is 15. The van der Waals surface area contributed by atoms with E-state index in [2.05, 4.69) is 20.8 Å². The molecule has 10 aliphatic rings. The molecule has 492 valence electrons. The standard InChI is InChI=1S/C58H98O27/c1-23-35-31(85-58(23,74-7)15-14-55(3,4)22-77-52-45(71)41(67)38(64)32(18-59)80-52)17-29-27-9-8-25-16-26(10-12-56(25,5)28(27)11-13-57(29,35)6)79-54-49(84-53-46(72)42(68)39(65)33(19-60)81-53)47(73)48(83-51-43(69)37(63)30(61)20-75-51)34(82-54)21-76-50-44(70)40(66)36(62)24(2)78-50/h23-54,59-73H,8-22H2,1-7H3/t23-,24-,25+,26-,27+,28-,29-,30+,31-,32+,33-,34+,35-,36-,37+,38+,39-,40+,41-,42+,43-,44+,45+,46-,47-,48+,49+,50-,51-,52+,53-,54+,56-,57-,58+/m0/s1. The van der Waals surface area contributed by atoms with Gasteiger partial charge in [0.25, 0.3) is 0 Å². The van der Waals surface area contributed by atoms with Gasteiger partial charge in [-0.2, -0.15) is 0 Å². The summed E-state index contributed by atoms with van der Waals surface area (Å²) in [4.78, 5) is 0. The van der Waals surface area contributed by atoms with Gasteiger partial charge < -0.3 is 133 Å². The van der Waals surface area contributed by atoms with Crippen LogP contribution in [0.4, 0.5) is 0 Å². The predicted molar refractivity (Wildman–Crippen MR) is 286 cm³/mol. The highest BCUT2D eigenvalue weighted by Crippen LogP contribution is 2.71. The van der Waals surface area contributed by atoms with E-state index in [-0.39, 0.29) is 41.3 Å². The van der Waals surface area contributed by atoms with Crippen LogP contribution in [0.3, 0.4) is 0 Å². The Hall–Kier alpha value is -1.08. The van der Waals surface area contributed by atoms with Crippen molar-refractivity contribution in [1.82, 2.24) is 0 Å². The molecule has 6 saturated heterocycles. The first-order valence-corrected chi connectivity index (χ1v) is 30.8. The molecule has 10 fully saturated rings. The fourth-order valence-electron chi connectivity index (χ4n) is 17.1. The molecule has 10 rings (SSSR count). The fourth-order valence-corrected chi connectivity index (χ4v) is 17.1. The first-order valence-electron chi connectivity index (χ1n) is 30.8. The maximum absolute atomic E-state index is 12.5. The summed E-state index contributed by atoms with van der Waals surface area (Å²) in [5.74, 6) is 0.913. The molecule has 0 spiro atoms. The summed E-state index contributed by atoms with van der Waals surface area (Å²) < 4.78 is 74.1. The molecular weight excluding hydrogens is 1130 g/mol. The van der Waals surface area contributed by atoms with Gasteiger partial charge in [0.05, 0.1) is 51.3 Å². The van der Waals surface area contributed by atoms with Crippen molar-refractivity contribution in [2.24, 2.45) is 51.8 Å². The molecular formula is C58H98O27. The lowest BCUT2D eigenvalue weighted by atomic mass is 9.44. The molecule has 35 atom stereocenters. The van der Waals surface area contributed by atoms with Crippen molar-refractivity contribution in [2.45, 2.75) is 271 Å². The molecule has 6 heterocycles. The summed E-state index contributed by atoms with van der Waals surface area (Å²) in [6.07, 6.45) is -30.2. The number of fused-ring (bicyclic) bond motifs is 7. The molecule has 0 aromatic rings. The molecule has 0 amide bonds. The molecule has 0 bridgehead atoms. The third-order valence-corrected chi connectivity index (χ3v) is 22.3. The molecule has 0 aromatic heterocycles. The minimum absolute atomic E-state index is 0.0156. The fraction of sp³-hybridized carbons (Fsp3) is 1.00. The normalized spacial score (nSPS) is 54.7. The van der Waals surface area contributed by atoms with Crippen molar-refractivity contribution in [3.63, 3.8) is 0 Å². The number of aliphatic hydroxyl groups is 15. The molecule has 15 N–H and O–H groups in total. The molecule has 4 aliphatic carbocycles. The summed E-state index contributed by atoms with van der Waals surface area (Å²) >= 11 is 0. The van der Waals surface area contributed by atoms with Crippen LogP contribution in [0.2, 0.25) is 0 Å². The lowest BCUT2D eigenvalue weighted by molar-refractivity contribution is -0.392. The molecule has 27 nitrogen and oxygen atoms in total. The first kappa shape index (κ1) is 66.8. The number of methoxy groups -OCH3 is 1. The van der Waals surface area contributed by atoms with Crippen LogP contribution < -0.4 is 0 Å². The van der Waals surface area contributed by atoms with Crippen LogP contribution in [0.15, 0.2) is 0 Å². The molecule has 4 saturated carbocycles. The summed E-state index contributed by atoms with van der Waals surface area (Å²) in [5, 5.41) is 160. The average Bonchev–Trinajstić information content (AvgIpc) is 1.92.